The van der Waals surface area contributed by atoms with Crippen molar-refractivity contribution in [2.75, 3.05) is 19.6 Å². The first-order valence-corrected chi connectivity index (χ1v) is 7.62. The molecule has 100 valence electrons. The van der Waals surface area contributed by atoms with E-state index in [1.165, 1.54) is 10.6 Å². The Labute approximate surface area is 122 Å². The molecular formula is C14H16ClN3S. The van der Waals surface area contributed by atoms with Gasteiger partial charge < -0.3 is 5.73 Å². The van der Waals surface area contributed by atoms with Gasteiger partial charge in [0.1, 0.15) is 5.01 Å². The zero-order valence-corrected chi connectivity index (χ0v) is 12.2. The van der Waals surface area contributed by atoms with Gasteiger partial charge in [-0.1, -0.05) is 23.7 Å². The van der Waals surface area contributed by atoms with Crippen molar-refractivity contribution in [3.63, 3.8) is 0 Å². The minimum absolute atomic E-state index is 0.720. The maximum absolute atomic E-state index is 5.92. The lowest BCUT2D eigenvalue weighted by Gasteiger charge is -2.24. The summed E-state index contributed by atoms with van der Waals surface area (Å²) in [5.41, 5.74) is 8.02. The predicted octanol–water partition coefficient (Wildman–Crippen LogP) is 2.78. The molecule has 0 amide bonds. The minimum Gasteiger partial charge on any atom is -0.329 e. The van der Waals surface area contributed by atoms with E-state index in [0.29, 0.717) is 0 Å². The topological polar surface area (TPSA) is 42.1 Å². The summed E-state index contributed by atoms with van der Waals surface area (Å²) in [7, 11) is 0. The second-order valence-electron chi connectivity index (χ2n) is 4.71. The third kappa shape index (κ3) is 2.82. The molecule has 0 aliphatic carbocycles. The van der Waals surface area contributed by atoms with E-state index in [4.69, 9.17) is 22.3 Å². The van der Waals surface area contributed by atoms with E-state index in [1.807, 2.05) is 24.3 Å². The zero-order valence-electron chi connectivity index (χ0n) is 10.6. The summed E-state index contributed by atoms with van der Waals surface area (Å²) in [4.78, 5) is 8.54. The highest BCUT2D eigenvalue weighted by molar-refractivity contribution is 7.15. The van der Waals surface area contributed by atoms with Gasteiger partial charge in [0.15, 0.2) is 0 Å². The quantitative estimate of drug-likeness (QED) is 0.946. The smallest absolute Gasteiger partial charge is 0.123 e. The third-order valence-electron chi connectivity index (χ3n) is 3.35. The van der Waals surface area contributed by atoms with Crippen LogP contribution < -0.4 is 5.73 Å². The Morgan fingerprint density at radius 3 is 2.84 bits per heavy atom. The molecule has 19 heavy (non-hydrogen) atoms. The molecule has 0 saturated carbocycles. The van der Waals surface area contributed by atoms with E-state index in [2.05, 4.69) is 4.90 Å². The molecule has 2 aromatic rings. The summed E-state index contributed by atoms with van der Waals surface area (Å²) in [6.07, 6.45) is 1.03. The summed E-state index contributed by atoms with van der Waals surface area (Å²) in [6.45, 7) is 3.73. The highest BCUT2D eigenvalue weighted by Gasteiger charge is 2.20. The fourth-order valence-corrected chi connectivity index (χ4v) is 3.62. The number of fused-ring (bicyclic) bond motifs is 1. The van der Waals surface area contributed by atoms with E-state index in [-0.39, 0.29) is 0 Å². The van der Waals surface area contributed by atoms with Crippen LogP contribution in [0.5, 0.6) is 0 Å². The van der Waals surface area contributed by atoms with Gasteiger partial charge in [-0.3, -0.25) is 4.90 Å². The van der Waals surface area contributed by atoms with Gasteiger partial charge in [-0.25, -0.2) is 4.98 Å². The van der Waals surface area contributed by atoms with Crippen molar-refractivity contribution in [3.8, 4) is 10.6 Å². The Hall–Kier alpha value is -0.940. The molecule has 0 fully saturated rings. The second kappa shape index (κ2) is 5.59. The van der Waals surface area contributed by atoms with Gasteiger partial charge in [0.05, 0.1) is 5.69 Å². The van der Waals surface area contributed by atoms with Gasteiger partial charge in [-0.15, -0.1) is 11.3 Å². The van der Waals surface area contributed by atoms with Crippen LogP contribution in [0.2, 0.25) is 5.02 Å². The number of benzene rings is 1. The summed E-state index contributed by atoms with van der Waals surface area (Å²) >= 11 is 7.71. The fourth-order valence-electron chi connectivity index (χ4n) is 2.34. The van der Waals surface area contributed by atoms with Crippen LogP contribution in [0.4, 0.5) is 0 Å². The molecule has 0 bridgehead atoms. The van der Waals surface area contributed by atoms with Gasteiger partial charge >= 0.3 is 0 Å². The molecule has 0 atom stereocenters. The Balaban J connectivity index is 1.85. The largest absolute Gasteiger partial charge is 0.329 e. The molecule has 1 aromatic carbocycles. The van der Waals surface area contributed by atoms with Crippen LogP contribution in [-0.2, 0) is 13.0 Å². The first-order chi connectivity index (χ1) is 9.26. The normalized spacial score (nSPS) is 15.5. The Morgan fingerprint density at radius 1 is 1.32 bits per heavy atom. The number of aromatic nitrogens is 1. The van der Waals surface area contributed by atoms with Crippen molar-refractivity contribution in [1.82, 2.24) is 9.88 Å². The maximum atomic E-state index is 5.92. The van der Waals surface area contributed by atoms with Crippen LogP contribution in [0.1, 0.15) is 10.6 Å². The average Bonchev–Trinajstić information content (AvgIpc) is 2.83. The van der Waals surface area contributed by atoms with Crippen molar-refractivity contribution in [1.29, 1.82) is 0 Å². The lowest BCUT2D eigenvalue weighted by molar-refractivity contribution is 0.263. The Bertz CT molecular complexity index is 565. The standard InChI is InChI=1S/C14H16ClN3S/c15-11-3-1-10(2-4-11)14-17-12-5-7-18(8-6-16)9-13(12)19-14/h1-4H,5-9,16H2. The van der Waals surface area contributed by atoms with Crippen LogP contribution in [0.15, 0.2) is 24.3 Å². The number of hydrogen-bond acceptors (Lipinski definition) is 4. The van der Waals surface area contributed by atoms with Gasteiger partial charge in [0.25, 0.3) is 0 Å². The zero-order chi connectivity index (χ0) is 13.2. The van der Waals surface area contributed by atoms with E-state index >= 15 is 0 Å². The summed E-state index contributed by atoms with van der Waals surface area (Å²) in [5, 5.41) is 1.86. The molecule has 1 aliphatic heterocycles. The van der Waals surface area contributed by atoms with Crippen molar-refractivity contribution >= 4 is 22.9 Å². The molecule has 0 unspecified atom stereocenters. The van der Waals surface area contributed by atoms with Gasteiger partial charge in [-0.2, -0.15) is 0 Å². The van der Waals surface area contributed by atoms with E-state index in [9.17, 15) is 0 Å². The van der Waals surface area contributed by atoms with Crippen LogP contribution in [0.3, 0.4) is 0 Å². The summed E-state index contributed by atoms with van der Waals surface area (Å²) in [5.74, 6) is 0. The number of nitrogens with zero attached hydrogens (tertiary/aromatic N) is 2. The Kier molecular flexibility index (Phi) is 3.84. The van der Waals surface area contributed by atoms with Crippen molar-refractivity contribution in [3.05, 3.63) is 39.9 Å². The lowest BCUT2D eigenvalue weighted by Crippen LogP contribution is -2.33. The van der Waals surface area contributed by atoms with Crippen LogP contribution in [0, 0.1) is 0 Å². The Morgan fingerprint density at radius 2 is 2.11 bits per heavy atom. The van der Waals surface area contributed by atoms with Gasteiger partial charge in [-0.05, 0) is 12.1 Å². The fraction of sp³-hybridized carbons (Fsp3) is 0.357. The number of hydrogen-bond donors (Lipinski definition) is 1. The summed E-state index contributed by atoms with van der Waals surface area (Å²) in [6, 6.07) is 7.89. The number of rotatable bonds is 3. The lowest BCUT2D eigenvalue weighted by atomic mass is 10.2. The van der Waals surface area contributed by atoms with E-state index < -0.39 is 0 Å². The molecule has 2 N–H and O–H groups in total. The third-order valence-corrected chi connectivity index (χ3v) is 4.73. The van der Waals surface area contributed by atoms with Crippen molar-refractivity contribution < 1.29 is 0 Å². The molecule has 0 radical (unpaired) electrons. The number of nitrogens with two attached hydrogens (primary N) is 1. The monoisotopic (exact) mass is 293 g/mol. The molecule has 5 heteroatoms. The highest BCUT2D eigenvalue weighted by Crippen LogP contribution is 2.32. The first-order valence-electron chi connectivity index (χ1n) is 6.43. The minimum atomic E-state index is 0.720. The molecule has 2 heterocycles. The SMILES string of the molecule is NCCN1CCc2nc(-c3ccc(Cl)cc3)sc2C1. The van der Waals surface area contributed by atoms with Crippen LogP contribution in [-0.4, -0.2) is 29.5 Å². The summed E-state index contributed by atoms with van der Waals surface area (Å²) < 4.78 is 0. The maximum Gasteiger partial charge on any atom is 0.123 e. The van der Waals surface area contributed by atoms with Crippen molar-refractivity contribution in [2.24, 2.45) is 5.73 Å². The molecule has 1 aliphatic rings. The van der Waals surface area contributed by atoms with Crippen LogP contribution in [0.25, 0.3) is 10.6 Å². The van der Waals surface area contributed by atoms with E-state index in [0.717, 1.165) is 48.2 Å². The van der Waals surface area contributed by atoms with Gasteiger partial charge in [0, 0.05) is 48.1 Å². The van der Waals surface area contributed by atoms with Crippen molar-refractivity contribution in [2.45, 2.75) is 13.0 Å². The molecule has 0 saturated heterocycles. The van der Waals surface area contributed by atoms with E-state index in [1.54, 1.807) is 11.3 Å². The molecule has 0 spiro atoms. The molecule has 1 aromatic heterocycles. The molecular weight excluding hydrogens is 278 g/mol. The molecule has 3 rings (SSSR count). The number of thiazole rings is 1. The average molecular weight is 294 g/mol. The predicted molar refractivity (Wildman–Crippen MR) is 80.6 cm³/mol. The van der Waals surface area contributed by atoms with Crippen LogP contribution >= 0.6 is 22.9 Å². The second-order valence-corrected chi connectivity index (χ2v) is 6.23. The molecule has 3 nitrogen and oxygen atoms in total. The highest BCUT2D eigenvalue weighted by atomic mass is 35.5. The first kappa shape index (κ1) is 13.1. The van der Waals surface area contributed by atoms with Gasteiger partial charge in [0.2, 0.25) is 0 Å². The number of halogens is 1.